The fraction of sp³-hybridized carbons (Fsp3) is 0.182. The standard InChI is InChI=1S/C11H7F3O6S/c1-18-6-2-3-8-7(4-6)9(5-10(15)19-8)20-21(16,17)11(12,13)14/h2-5H,1H3. The van der Waals surface area contributed by atoms with Crippen LogP contribution < -0.4 is 14.5 Å². The molecule has 0 N–H and O–H groups in total. The summed E-state index contributed by atoms with van der Waals surface area (Å²) in [6.07, 6.45) is 0. The molecule has 1 heterocycles. The van der Waals surface area contributed by atoms with E-state index >= 15 is 0 Å². The maximum atomic E-state index is 12.3. The number of hydrogen-bond acceptors (Lipinski definition) is 6. The van der Waals surface area contributed by atoms with E-state index in [1.807, 2.05) is 0 Å². The van der Waals surface area contributed by atoms with Crippen LogP contribution in [-0.4, -0.2) is 21.0 Å². The van der Waals surface area contributed by atoms with Crippen LogP contribution in [0.1, 0.15) is 0 Å². The summed E-state index contributed by atoms with van der Waals surface area (Å²) < 4.78 is 72.6. The molecular formula is C11H7F3O6S. The molecule has 0 spiro atoms. The van der Waals surface area contributed by atoms with Crippen molar-refractivity contribution in [3.05, 3.63) is 34.7 Å². The van der Waals surface area contributed by atoms with Gasteiger partial charge in [0.2, 0.25) is 0 Å². The highest BCUT2D eigenvalue weighted by atomic mass is 32.2. The van der Waals surface area contributed by atoms with E-state index in [2.05, 4.69) is 4.18 Å². The fourth-order valence-corrected chi connectivity index (χ4v) is 1.94. The van der Waals surface area contributed by atoms with Crippen LogP contribution >= 0.6 is 0 Å². The van der Waals surface area contributed by atoms with Crippen molar-refractivity contribution in [1.82, 2.24) is 0 Å². The minimum atomic E-state index is -5.90. The predicted octanol–water partition coefficient (Wildman–Crippen LogP) is 2.03. The van der Waals surface area contributed by atoms with Gasteiger partial charge in [-0.05, 0) is 18.2 Å². The topological polar surface area (TPSA) is 82.8 Å². The number of rotatable bonds is 3. The molecule has 0 radical (unpaired) electrons. The second-order valence-corrected chi connectivity index (χ2v) is 5.31. The smallest absolute Gasteiger partial charge is 0.497 e. The summed E-state index contributed by atoms with van der Waals surface area (Å²) in [6, 6.07) is 4.31. The second-order valence-electron chi connectivity index (χ2n) is 3.77. The Labute approximate surface area is 115 Å². The summed E-state index contributed by atoms with van der Waals surface area (Å²) in [7, 11) is -4.60. The molecule has 21 heavy (non-hydrogen) atoms. The van der Waals surface area contributed by atoms with Crippen molar-refractivity contribution in [2.45, 2.75) is 5.51 Å². The van der Waals surface area contributed by atoms with E-state index in [0.29, 0.717) is 6.07 Å². The van der Waals surface area contributed by atoms with Crippen molar-refractivity contribution >= 4 is 21.1 Å². The van der Waals surface area contributed by atoms with E-state index in [1.54, 1.807) is 0 Å². The van der Waals surface area contributed by atoms with E-state index in [1.165, 1.54) is 25.3 Å². The van der Waals surface area contributed by atoms with Gasteiger partial charge in [-0.25, -0.2) is 4.79 Å². The number of ether oxygens (including phenoxy) is 1. The summed E-state index contributed by atoms with van der Waals surface area (Å²) >= 11 is 0. The van der Waals surface area contributed by atoms with Gasteiger partial charge in [0.25, 0.3) is 0 Å². The summed E-state index contributed by atoms with van der Waals surface area (Å²) in [4.78, 5) is 11.2. The van der Waals surface area contributed by atoms with Crippen LogP contribution in [-0.2, 0) is 10.1 Å². The lowest BCUT2D eigenvalue weighted by Crippen LogP contribution is -2.28. The van der Waals surface area contributed by atoms with Gasteiger partial charge in [0, 0.05) is 0 Å². The van der Waals surface area contributed by atoms with Crippen LogP contribution in [0.25, 0.3) is 11.0 Å². The van der Waals surface area contributed by atoms with Crippen LogP contribution in [0.4, 0.5) is 13.2 Å². The Morgan fingerprint density at radius 1 is 1.19 bits per heavy atom. The van der Waals surface area contributed by atoms with Crippen molar-refractivity contribution in [2.75, 3.05) is 7.11 Å². The third-order valence-corrected chi connectivity index (χ3v) is 3.36. The number of alkyl halides is 3. The Morgan fingerprint density at radius 3 is 2.43 bits per heavy atom. The van der Waals surface area contributed by atoms with Gasteiger partial charge < -0.3 is 13.3 Å². The highest BCUT2D eigenvalue weighted by Crippen LogP contribution is 2.32. The first-order chi connectivity index (χ1) is 9.64. The minimum absolute atomic E-state index is 0.143. The molecule has 6 nitrogen and oxygen atoms in total. The highest BCUT2D eigenvalue weighted by Gasteiger charge is 2.48. The molecule has 0 saturated carbocycles. The average molecular weight is 324 g/mol. The van der Waals surface area contributed by atoms with Gasteiger partial charge in [0.1, 0.15) is 11.3 Å². The number of halogens is 3. The molecule has 0 aliphatic heterocycles. The van der Waals surface area contributed by atoms with Gasteiger partial charge in [-0.15, -0.1) is 0 Å². The Bertz CT molecular complexity index is 837. The summed E-state index contributed by atoms with van der Waals surface area (Å²) in [5.41, 5.74) is -6.82. The largest absolute Gasteiger partial charge is 0.534 e. The maximum Gasteiger partial charge on any atom is 0.534 e. The minimum Gasteiger partial charge on any atom is -0.497 e. The average Bonchev–Trinajstić information content (AvgIpc) is 2.36. The highest BCUT2D eigenvalue weighted by molar-refractivity contribution is 7.88. The molecule has 0 aliphatic rings. The Kier molecular flexibility index (Phi) is 3.58. The van der Waals surface area contributed by atoms with E-state index in [-0.39, 0.29) is 16.7 Å². The second kappa shape index (κ2) is 4.95. The van der Waals surface area contributed by atoms with E-state index in [4.69, 9.17) is 9.15 Å². The Hall–Kier alpha value is -2.23. The van der Waals surface area contributed by atoms with Crippen LogP contribution in [0, 0.1) is 0 Å². The van der Waals surface area contributed by atoms with E-state index in [0.717, 1.165) is 0 Å². The number of benzene rings is 1. The van der Waals surface area contributed by atoms with Crippen molar-refractivity contribution in [1.29, 1.82) is 0 Å². The summed E-state index contributed by atoms with van der Waals surface area (Å²) in [5.74, 6) is -0.580. The molecular weight excluding hydrogens is 317 g/mol. The molecule has 0 aliphatic carbocycles. The zero-order valence-electron chi connectivity index (χ0n) is 10.3. The van der Waals surface area contributed by atoms with Crippen LogP contribution in [0.15, 0.2) is 33.5 Å². The molecule has 1 aromatic carbocycles. The molecule has 2 aromatic rings. The monoisotopic (exact) mass is 324 g/mol. The maximum absolute atomic E-state index is 12.3. The molecule has 0 bridgehead atoms. The molecule has 0 amide bonds. The van der Waals surface area contributed by atoms with Crippen molar-refractivity contribution < 1.29 is 34.9 Å². The molecule has 0 fully saturated rings. The van der Waals surface area contributed by atoms with Crippen molar-refractivity contribution in [3.63, 3.8) is 0 Å². The molecule has 10 heteroatoms. The molecule has 2 rings (SSSR count). The van der Waals surface area contributed by atoms with Crippen molar-refractivity contribution in [3.8, 4) is 11.5 Å². The summed E-state index contributed by atoms with van der Waals surface area (Å²) in [5, 5.41) is -0.151. The third-order valence-electron chi connectivity index (χ3n) is 2.39. The van der Waals surface area contributed by atoms with Crippen LogP contribution in [0.3, 0.4) is 0 Å². The van der Waals surface area contributed by atoms with Crippen LogP contribution in [0.2, 0.25) is 0 Å². The fourth-order valence-electron chi connectivity index (χ4n) is 1.47. The third kappa shape index (κ3) is 2.94. The van der Waals surface area contributed by atoms with Crippen molar-refractivity contribution in [2.24, 2.45) is 0 Å². The van der Waals surface area contributed by atoms with Gasteiger partial charge in [-0.2, -0.15) is 21.6 Å². The first-order valence-electron chi connectivity index (χ1n) is 5.27. The Morgan fingerprint density at radius 2 is 1.86 bits per heavy atom. The molecule has 0 atom stereocenters. The lowest BCUT2D eigenvalue weighted by Gasteiger charge is -2.11. The number of methoxy groups -OCH3 is 1. The lowest BCUT2D eigenvalue weighted by atomic mass is 10.2. The number of fused-ring (bicyclic) bond motifs is 1. The predicted molar refractivity (Wildman–Crippen MR) is 64.6 cm³/mol. The van der Waals surface area contributed by atoms with Gasteiger partial charge in [-0.1, -0.05) is 0 Å². The zero-order valence-corrected chi connectivity index (χ0v) is 11.1. The van der Waals surface area contributed by atoms with Gasteiger partial charge in [-0.3, -0.25) is 0 Å². The quantitative estimate of drug-likeness (QED) is 0.488. The first-order valence-corrected chi connectivity index (χ1v) is 6.67. The first kappa shape index (κ1) is 15.2. The van der Waals surface area contributed by atoms with Gasteiger partial charge in [0.15, 0.2) is 5.75 Å². The number of hydrogen-bond donors (Lipinski definition) is 0. The van der Waals surface area contributed by atoms with Gasteiger partial charge >= 0.3 is 21.3 Å². The lowest BCUT2D eigenvalue weighted by molar-refractivity contribution is -0.0499. The van der Waals surface area contributed by atoms with Gasteiger partial charge in [0.05, 0.1) is 18.6 Å². The molecule has 0 unspecified atom stereocenters. The normalized spacial score (nSPS) is 12.4. The van der Waals surface area contributed by atoms with E-state index in [9.17, 15) is 26.4 Å². The summed E-state index contributed by atoms with van der Waals surface area (Å²) in [6.45, 7) is 0. The Balaban J connectivity index is 2.65. The molecule has 1 aromatic heterocycles. The van der Waals surface area contributed by atoms with Crippen LogP contribution in [0.5, 0.6) is 11.5 Å². The molecule has 0 saturated heterocycles. The zero-order chi connectivity index (χ0) is 15.8. The van der Waals surface area contributed by atoms with E-state index < -0.39 is 27.0 Å². The SMILES string of the molecule is COc1ccc2oc(=O)cc(OS(=O)(=O)C(F)(F)F)c2c1. The molecule has 114 valence electrons.